The summed E-state index contributed by atoms with van der Waals surface area (Å²) in [7, 11) is 0. The molecule has 0 nitrogen and oxygen atoms in total. The largest absolute Gasteiger partial charge is 0.241 e. The zero-order valence-electron chi connectivity index (χ0n) is 4.58. The molecule has 0 radical (unpaired) electrons. The van der Waals surface area contributed by atoms with Gasteiger partial charge in [-0.2, -0.15) is 0 Å². The average molecular weight is 304 g/mol. The van der Waals surface area contributed by atoms with E-state index in [-0.39, 0.29) is 0 Å². The standard InChI is InChI=1S/C4H4Br2ClF3/c5-1(3(6)9)2(8)4(7)10/h1-4H. The molecule has 0 aliphatic heterocycles. The molecule has 0 N–H and O–H groups in total. The van der Waals surface area contributed by atoms with Crippen LogP contribution in [0.15, 0.2) is 0 Å². The summed E-state index contributed by atoms with van der Waals surface area (Å²) in [5.41, 5.74) is -2.18. The van der Waals surface area contributed by atoms with Crippen molar-refractivity contribution in [2.75, 3.05) is 0 Å². The van der Waals surface area contributed by atoms with Gasteiger partial charge in [-0.05, 0) is 0 Å². The highest BCUT2D eigenvalue weighted by Gasteiger charge is 2.31. The van der Waals surface area contributed by atoms with E-state index in [0.717, 1.165) is 0 Å². The lowest BCUT2D eigenvalue weighted by Crippen LogP contribution is -2.28. The SMILES string of the molecule is FC(Cl)C(F)C(Br)C(F)Br. The van der Waals surface area contributed by atoms with E-state index in [4.69, 9.17) is 11.6 Å². The van der Waals surface area contributed by atoms with E-state index in [1.165, 1.54) is 0 Å². The highest BCUT2D eigenvalue weighted by Crippen LogP contribution is 2.25. The quantitative estimate of drug-likeness (QED) is 0.702. The van der Waals surface area contributed by atoms with Crippen LogP contribution < -0.4 is 0 Å². The highest BCUT2D eigenvalue weighted by molar-refractivity contribution is 9.12. The first kappa shape index (κ1) is 11.0. The Labute approximate surface area is 78.4 Å². The van der Waals surface area contributed by atoms with Crippen LogP contribution in [0.4, 0.5) is 13.2 Å². The summed E-state index contributed by atoms with van der Waals surface area (Å²) in [6.07, 6.45) is -2.05. The number of rotatable bonds is 3. The molecule has 0 aromatic rings. The third-order valence-corrected chi connectivity index (χ3v) is 3.27. The maximum atomic E-state index is 12.3. The molecule has 0 heterocycles. The summed E-state index contributed by atoms with van der Waals surface area (Å²) in [4.78, 5) is -1.25. The van der Waals surface area contributed by atoms with Crippen molar-refractivity contribution in [3.8, 4) is 0 Å². The predicted molar refractivity (Wildman–Crippen MR) is 42.2 cm³/mol. The van der Waals surface area contributed by atoms with E-state index in [9.17, 15) is 13.2 Å². The van der Waals surface area contributed by atoms with Gasteiger partial charge in [-0.15, -0.1) is 0 Å². The van der Waals surface area contributed by atoms with Gasteiger partial charge >= 0.3 is 0 Å². The Bertz CT molecular complexity index is 88.5. The second-order valence-corrected chi connectivity index (χ2v) is 3.91. The molecule has 62 valence electrons. The second-order valence-electron chi connectivity index (χ2n) is 1.56. The smallest absolute Gasteiger partial charge is 0.205 e. The fraction of sp³-hybridized carbons (Fsp3) is 1.00. The van der Waals surface area contributed by atoms with E-state index in [0.29, 0.717) is 0 Å². The van der Waals surface area contributed by atoms with E-state index < -0.39 is 21.7 Å². The van der Waals surface area contributed by atoms with Gasteiger partial charge in [0.25, 0.3) is 0 Å². The molecule has 0 fully saturated rings. The van der Waals surface area contributed by atoms with Crippen LogP contribution in [0.3, 0.4) is 0 Å². The maximum Gasteiger partial charge on any atom is 0.205 e. The minimum atomic E-state index is -2.18. The predicted octanol–water partition coefficient (Wildman–Crippen LogP) is 3.31. The van der Waals surface area contributed by atoms with Crippen LogP contribution in [0.2, 0.25) is 0 Å². The van der Waals surface area contributed by atoms with Gasteiger partial charge in [0.05, 0.1) is 4.83 Å². The van der Waals surface area contributed by atoms with E-state index in [1.54, 1.807) is 0 Å². The van der Waals surface area contributed by atoms with Crippen molar-refractivity contribution >= 4 is 43.5 Å². The van der Waals surface area contributed by atoms with Crippen molar-refractivity contribution in [3.05, 3.63) is 0 Å². The second kappa shape index (κ2) is 4.83. The number of hydrogen-bond acceptors (Lipinski definition) is 0. The van der Waals surface area contributed by atoms with Crippen molar-refractivity contribution < 1.29 is 13.2 Å². The maximum absolute atomic E-state index is 12.3. The number of halogens is 6. The molecule has 0 aromatic carbocycles. The van der Waals surface area contributed by atoms with Crippen LogP contribution in [0.5, 0.6) is 0 Å². The van der Waals surface area contributed by atoms with E-state index in [2.05, 4.69) is 31.9 Å². The minimum absolute atomic E-state index is 1.25. The van der Waals surface area contributed by atoms with Crippen LogP contribution in [-0.2, 0) is 0 Å². The Morgan fingerprint density at radius 1 is 1.10 bits per heavy atom. The summed E-state index contributed by atoms with van der Waals surface area (Å²) < 4.78 is 36.3. The minimum Gasteiger partial charge on any atom is -0.241 e. The first-order chi connectivity index (χ1) is 4.46. The molecule has 0 bridgehead atoms. The zero-order valence-corrected chi connectivity index (χ0v) is 8.51. The van der Waals surface area contributed by atoms with Crippen LogP contribution in [0.1, 0.15) is 0 Å². The highest BCUT2D eigenvalue weighted by atomic mass is 79.9. The molecule has 0 amide bonds. The first-order valence-corrected chi connectivity index (χ1v) is 4.58. The van der Waals surface area contributed by atoms with Crippen molar-refractivity contribution in [1.82, 2.24) is 0 Å². The van der Waals surface area contributed by atoms with Gasteiger partial charge in [0.1, 0.15) is 0 Å². The monoisotopic (exact) mass is 302 g/mol. The van der Waals surface area contributed by atoms with Gasteiger partial charge in [0.2, 0.25) is 5.63 Å². The first-order valence-electron chi connectivity index (χ1n) is 2.31. The summed E-state index contributed by atoms with van der Waals surface area (Å²) >= 11 is 9.72. The van der Waals surface area contributed by atoms with Gasteiger partial charge in [-0.3, -0.25) is 0 Å². The molecule has 0 saturated heterocycles. The van der Waals surface area contributed by atoms with Gasteiger partial charge in [-0.25, -0.2) is 13.2 Å². The Morgan fingerprint density at radius 2 is 1.50 bits per heavy atom. The lowest BCUT2D eigenvalue weighted by atomic mass is 10.3. The molecule has 0 saturated carbocycles. The van der Waals surface area contributed by atoms with Gasteiger partial charge in [0.15, 0.2) is 11.3 Å². The molecule has 0 spiro atoms. The molecule has 4 atom stereocenters. The van der Waals surface area contributed by atoms with Gasteiger partial charge < -0.3 is 0 Å². The molecular formula is C4H4Br2ClF3. The molecule has 0 aliphatic rings. The topological polar surface area (TPSA) is 0 Å². The summed E-state index contributed by atoms with van der Waals surface area (Å²) in [6, 6.07) is 0. The number of hydrogen-bond donors (Lipinski definition) is 0. The lowest BCUT2D eigenvalue weighted by molar-refractivity contribution is 0.207. The Morgan fingerprint density at radius 3 is 1.60 bits per heavy atom. The van der Waals surface area contributed by atoms with E-state index in [1.807, 2.05) is 0 Å². The summed E-state index contributed by atoms with van der Waals surface area (Å²) in [6.45, 7) is 0. The Hall–Kier alpha value is 1.04. The molecule has 4 unspecified atom stereocenters. The molecule has 0 rings (SSSR count). The zero-order chi connectivity index (χ0) is 8.31. The molecule has 0 aliphatic carbocycles. The van der Waals surface area contributed by atoms with Crippen LogP contribution >= 0.6 is 43.5 Å². The molecule has 0 aromatic heterocycles. The number of alkyl halides is 6. The average Bonchev–Trinajstić information content (AvgIpc) is 1.84. The fourth-order valence-electron chi connectivity index (χ4n) is 0.278. The van der Waals surface area contributed by atoms with Gasteiger partial charge in [-0.1, -0.05) is 43.5 Å². The van der Waals surface area contributed by atoms with Crippen molar-refractivity contribution in [1.29, 1.82) is 0 Å². The Kier molecular flexibility index (Phi) is 5.33. The van der Waals surface area contributed by atoms with Crippen LogP contribution in [-0.4, -0.2) is 21.7 Å². The third-order valence-electron chi connectivity index (χ3n) is 0.786. The molecular weight excluding hydrogens is 300 g/mol. The van der Waals surface area contributed by atoms with Crippen molar-refractivity contribution in [2.45, 2.75) is 21.7 Å². The normalized spacial score (nSPS) is 23.4. The Balaban J connectivity index is 3.81. The van der Waals surface area contributed by atoms with Crippen LogP contribution in [0, 0.1) is 0 Å². The van der Waals surface area contributed by atoms with E-state index >= 15 is 0 Å². The molecule has 10 heavy (non-hydrogen) atoms. The van der Waals surface area contributed by atoms with Crippen molar-refractivity contribution in [3.63, 3.8) is 0 Å². The fourth-order valence-corrected chi connectivity index (χ4v) is 1.17. The third kappa shape index (κ3) is 3.44. The van der Waals surface area contributed by atoms with Crippen LogP contribution in [0.25, 0.3) is 0 Å². The molecule has 6 heteroatoms. The van der Waals surface area contributed by atoms with Gasteiger partial charge in [0, 0.05) is 0 Å². The van der Waals surface area contributed by atoms with Crippen molar-refractivity contribution in [2.24, 2.45) is 0 Å². The summed E-state index contributed by atoms with van der Waals surface area (Å²) in [5, 5.41) is -1.64. The summed E-state index contributed by atoms with van der Waals surface area (Å²) in [5.74, 6) is 0. The lowest BCUT2D eigenvalue weighted by Gasteiger charge is -2.14.